The highest BCUT2D eigenvalue weighted by Gasteiger charge is 2.50. The molecule has 0 aliphatic carbocycles. The molecule has 2 heteroatoms. The summed E-state index contributed by atoms with van der Waals surface area (Å²) in [5, 5.41) is 0. The predicted octanol–water partition coefficient (Wildman–Crippen LogP) is 0.868. The van der Waals surface area contributed by atoms with Gasteiger partial charge in [0.25, 0.3) is 0 Å². The monoisotopic (exact) mass is 125 g/mol. The van der Waals surface area contributed by atoms with Crippen LogP contribution in [0.3, 0.4) is 0 Å². The molecular weight excluding hydrogens is 116 g/mol. The number of ether oxygens (including phenoxy) is 2. The van der Waals surface area contributed by atoms with E-state index >= 15 is 0 Å². The first-order valence-electron chi connectivity index (χ1n) is 3.58. The summed E-state index contributed by atoms with van der Waals surface area (Å²) in [5.41, 5.74) is 0. The Morgan fingerprint density at radius 3 is 2.89 bits per heavy atom. The molecule has 0 aromatic heterocycles. The lowest BCUT2D eigenvalue weighted by molar-refractivity contribution is 0.0177. The maximum absolute atomic E-state index is 5.61. The van der Waals surface area contributed by atoms with E-state index in [2.05, 4.69) is 0 Å². The second-order valence-corrected chi connectivity index (χ2v) is 3.14. The molecule has 3 unspecified atom stereocenters. The van der Waals surface area contributed by atoms with E-state index in [0.29, 0.717) is 18.3 Å². The number of hydrogen-bond acceptors (Lipinski definition) is 2. The van der Waals surface area contributed by atoms with E-state index in [-0.39, 0.29) is 0 Å². The average molecular weight is 125 g/mol. The lowest BCUT2D eigenvalue weighted by atomic mass is 10.1. The fourth-order valence-corrected chi connectivity index (χ4v) is 2.11. The molecule has 9 heavy (non-hydrogen) atoms. The third-order valence-electron chi connectivity index (χ3n) is 2.48. The highest BCUT2D eigenvalue weighted by Crippen LogP contribution is 2.46. The van der Waals surface area contributed by atoms with E-state index in [9.17, 15) is 0 Å². The summed E-state index contributed by atoms with van der Waals surface area (Å²) in [6, 6.07) is 0. The molecule has 0 spiro atoms. The quantitative estimate of drug-likeness (QED) is 0.478. The van der Waals surface area contributed by atoms with Crippen molar-refractivity contribution in [3.63, 3.8) is 0 Å². The number of rotatable bonds is 0. The lowest BCUT2D eigenvalue weighted by Gasteiger charge is -2.22. The van der Waals surface area contributed by atoms with Gasteiger partial charge in [0, 0.05) is 19.3 Å². The van der Waals surface area contributed by atoms with Gasteiger partial charge in [-0.2, -0.15) is 0 Å². The zero-order valence-corrected chi connectivity index (χ0v) is 5.17. The molecule has 0 aromatic carbocycles. The first-order valence-corrected chi connectivity index (χ1v) is 3.58. The zero-order valence-electron chi connectivity index (χ0n) is 5.17. The van der Waals surface area contributed by atoms with Crippen LogP contribution in [0.1, 0.15) is 19.3 Å². The number of hydrogen-bond donors (Lipinski definition) is 0. The van der Waals surface area contributed by atoms with Gasteiger partial charge in [0.15, 0.2) is 0 Å². The average Bonchev–Trinajstić information content (AvgIpc) is 2.20. The Morgan fingerprint density at radius 2 is 2.22 bits per heavy atom. The molecule has 4 bridgehead atoms. The minimum absolute atomic E-state index is 0.443. The third-order valence-corrected chi connectivity index (χ3v) is 2.48. The Kier molecular flexibility index (Phi) is 0.691. The summed E-state index contributed by atoms with van der Waals surface area (Å²) in [6.45, 7) is 0. The Hall–Kier alpha value is -0.0800. The van der Waals surface area contributed by atoms with Crippen LogP contribution in [0.4, 0.5) is 0 Å². The van der Waals surface area contributed by atoms with E-state index in [0.717, 1.165) is 19.3 Å². The molecule has 1 radical (unpaired) electrons. The molecule has 4 saturated heterocycles. The molecule has 4 fully saturated rings. The fraction of sp³-hybridized carbons (Fsp3) is 0.857. The van der Waals surface area contributed by atoms with Crippen LogP contribution in [-0.4, -0.2) is 18.3 Å². The highest BCUT2D eigenvalue weighted by molar-refractivity contribution is 5.06. The molecule has 3 atom stereocenters. The maximum Gasteiger partial charge on any atom is 0.103 e. The van der Waals surface area contributed by atoms with Gasteiger partial charge >= 0.3 is 0 Å². The SMILES string of the molecule is C1[C]2CC3OC1CC3O2. The highest BCUT2D eigenvalue weighted by atomic mass is 16.6. The predicted molar refractivity (Wildman–Crippen MR) is 30.6 cm³/mol. The van der Waals surface area contributed by atoms with Crippen molar-refractivity contribution in [2.24, 2.45) is 0 Å². The van der Waals surface area contributed by atoms with Crippen molar-refractivity contribution in [2.45, 2.75) is 37.6 Å². The van der Waals surface area contributed by atoms with Crippen LogP contribution < -0.4 is 0 Å². The van der Waals surface area contributed by atoms with E-state index < -0.39 is 0 Å². The maximum atomic E-state index is 5.61. The van der Waals surface area contributed by atoms with Gasteiger partial charge in [-0.1, -0.05) is 0 Å². The zero-order chi connectivity index (χ0) is 5.84. The molecule has 4 aliphatic rings. The van der Waals surface area contributed by atoms with Crippen molar-refractivity contribution < 1.29 is 9.47 Å². The summed E-state index contributed by atoms with van der Waals surface area (Å²) >= 11 is 0. The molecule has 0 amide bonds. The van der Waals surface area contributed by atoms with Crippen molar-refractivity contribution in [2.75, 3.05) is 0 Å². The largest absolute Gasteiger partial charge is 0.372 e. The van der Waals surface area contributed by atoms with E-state index in [1.165, 1.54) is 6.10 Å². The van der Waals surface area contributed by atoms with Crippen LogP contribution in [-0.2, 0) is 9.47 Å². The topological polar surface area (TPSA) is 18.5 Å². The Morgan fingerprint density at radius 1 is 1.22 bits per heavy atom. The summed E-state index contributed by atoms with van der Waals surface area (Å²) < 4.78 is 11.1. The molecule has 0 aromatic rings. The molecule has 49 valence electrons. The van der Waals surface area contributed by atoms with Crippen LogP contribution in [0.25, 0.3) is 0 Å². The smallest absolute Gasteiger partial charge is 0.103 e. The minimum Gasteiger partial charge on any atom is -0.372 e. The van der Waals surface area contributed by atoms with E-state index in [1.54, 1.807) is 0 Å². The standard InChI is InChI=1S/C7H9O2/c1-4-2-6-7(8-4)3-5(1)9-6/h4,6-7H,1-3H2. The van der Waals surface area contributed by atoms with Gasteiger partial charge < -0.3 is 9.47 Å². The molecule has 2 nitrogen and oxygen atoms in total. The van der Waals surface area contributed by atoms with Crippen LogP contribution in [0.5, 0.6) is 0 Å². The van der Waals surface area contributed by atoms with Crippen molar-refractivity contribution in [3.05, 3.63) is 6.10 Å². The second-order valence-electron chi connectivity index (χ2n) is 3.14. The van der Waals surface area contributed by atoms with Crippen LogP contribution in [0.2, 0.25) is 0 Å². The van der Waals surface area contributed by atoms with Gasteiger partial charge in [0.1, 0.15) is 6.10 Å². The Balaban J connectivity index is 2.00. The molecule has 4 aliphatic heterocycles. The summed E-state index contributed by atoms with van der Waals surface area (Å²) in [5.74, 6) is 0. The summed E-state index contributed by atoms with van der Waals surface area (Å²) in [6.07, 6.45) is 6.02. The van der Waals surface area contributed by atoms with E-state index in [1.807, 2.05) is 0 Å². The van der Waals surface area contributed by atoms with Gasteiger partial charge in [0.05, 0.1) is 18.3 Å². The van der Waals surface area contributed by atoms with Crippen molar-refractivity contribution in [1.29, 1.82) is 0 Å². The fourth-order valence-electron chi connectivity index (χ4n) is 2.11. The molecular formula is C7H9O2. The second kappa shape index (κ2) is 1.32. The van der Waals surface area contributed by atoms with Crippen molar-refractivity contribution in [3.8, 4) is 0 Å². The molecule has 0 saturated carbocycles. The first kappa shape index (κ1) is 4.69. The van der Waals surface area contributed by atoms with Crippen LogP contribution in [0, 0.1) is 6.10 Å². The lowest BCUT2D eigenvalue weighted by Crippen LogP contribution is -2.20. The van der Waals surface area contributed by atoms with Crippen molar-refractivity contribution in [1.82, 2.24) is 0 Å². The summed E-state index contributed by atoms with van der Waals surface area (Å²) in [4.78, 5) is 0. The third kappa shape index (κ3) is 0.485. The normalized spacial score (nSPS) is 55.3. The van der Waals surface area contributed by atoms with Gasteiger partial charge in [-0.3, -0.25) is 0 Å². The molecule has 4 heterocycles. The molecule has 4 rings (SSSR count). The van der Waals surface area contributed by atoms with Gasteiger partial charge in [-0.05, 0) is 0 Å². The first-order chi connectivity index (χ1) is 4.42. The van der Waals surface area contributed by atoms with Crippen LogP contribution >= 0.6 is 0 Å². The van der Waals surface area contributed by atoms with Gasteiger partial charge in [-0.25, -0.2) is 0 Å². The van der Waals surface area contributed by atoms with Gasteiger partial charge in [-0.15, -0.1) is 0 Å². The van der Waals surface area contributed by atoms with Crippen LogP contribution in [0.15, 0.2) is 0 Å². The Bertz CT molecular complexity index is 112. The van der Waals surface area contributed by atoms with Gasteiger partial charge in [0.2, 0.25) is 0 Å². The molecule has 0 N–H and O–H groups in total. The minimum atomic E-state index is 0.443. The Labute approximate surface area is 54.1 Å². The summed E-state index contributed by atoms with van der Waals surface area (Å²) in [7, 11) is 0. The van der Waals surface area contributed by atoms with E-state index in [4.69, 9.17) is 9.47 Å². The van der Waals surface area contributed by atoms with Crippen molar-refractivity contribution >= 4 is 0 Å².